The molecule has 0 spiro atoms. The van der Waals surface area contributed by atoms with Crippen molar-refractivity contribution in [2.45, 2.75) is 104 Å². The van der Waals surface area contributed by atoms with E-state index in [9.17, 15) is 35.4 Å². The Bertz CT molecular complexity index is 840. The first-order valence-corrected chi connectivity index (χ1v) is 13.1. The number of amides is 1. The largest absolute Gasteiger partial charge is 0.394 e. The molecule has 4 aliphatic rings. The minimum Gasteiger partial charge on any atom is -0.394 e. The molecule has 3 saturated heterocycles. The summed E-state index contributed by atoms with van der Waals surface area (Å²) in [6.45, 7) is -0.577. The second-order valence-corrected chi connectivity index (χ2v) is 10.8. The number of hydrogen-bond donors (Lipinski definition) is 12. The molecular formula is C22H42N6O11. The third kappa shape index (κ3) is 6.22. The van der Waals surface area contributed by atoms with E-state index < -0.39 is 104 Å². The summed E-state index contributed by atoms with van der Waals surface area (Å²) in [4.78, 5) is 12.8. The van der Waals surface area contributed by atoms with Gasteiger partial charge in [0.15, 0.2) is 18.2 Å². The van der Waals surface area contributed by atoms with Gasteiger partial charge in [0.05, 0.1) is 36.9 Å². The first-order valence-electron chi connectivity index (χ1n) is 13.1. The lowest BCUT2D eigenvalue weighted by Gasteiger charge is -2.49. The summed E-state index contributed by atoms with van der Waals surface area (Å²) in [6, 6.07) is -3.89. The summed E-state index contributed by atoms with van der Waals surface area (Å²) in [5.41, 5.74) is 22.4. The molecule has 0 radical (unpaired) electrons. The smallest absolute Gasteiger partial charge is 0.254 e. The second kappa shape index (κ2) is 12.4. The minimum atomic E-state index is -1.66. The van der Waals surface area contributed by atoms with Crippen LogP contribution in [0, 0.1) is 0 Å². The molecule has 1 saturated carbocycles. The number of aliphatic hydroxyl groups excluding tert-OH is 5. The Labute approximate surface area is 224 Å². The van der Waals surface area contributed by atoms with Crippen LogP contribution in [0.5, 0.6) is 0 Å². The zero-order valence-corrected chi connectivity index (χ0v) is 21.4. The SMILES string of the molecule is NCC1OC(OC2C(N)CC(NC(=O)C3(O)CNC3)C(OC3OC(CO)C(O)C(N)C3O)C2O)C(N)CC1O. The molecule has 0 aromatic heterocycles. The van der Waals surface area contributed by atoms with Crippen molar-refractivity contribution in [3.05, 3.63) is 0 Å². The van der Waals surface area contributed by atoms with Gasteiger partial charge < -0.3 is 83.2 Å². The van der Waals surface area contributed by atoms with Crippen molar-refractivity contribution in [1.29, 1.82) is 0 Å². The van der Waals surface area contributed by atoms with Gasteiger partial charge in [0.2, 0.25) is 0 Å². The van der Waals surface area contributed by atoms with E-state index in [1.807, 2.05) is 0 Å². The van der Waals surface area contributed by atoms with Crippen LogP contribution in [0.4, 0.5) is 0 Å². The van der Waals surface area contributed by atoms with E-state index in [4.69, 9.17) is 41.9 Å². The highest BCUT2D eigenvalue weighted by molar-refractivity contribution is 5.87. The molecule has 226 valence electrons. The average Bonchev–Trinajstić information content (AvgIpc) is 2.88. The van der Waals surface area contributed by atoms with Crippen molar-refractivity contribution in [3.8, 4) is 0 Å². The van der Waals surface area contributed by atoms with Crippen molar-refractivity contribution in [1.82, 2.24) is 10.6 Å². The van der Waals surface area contributed by atoms with Crippen LogP contribution in [0.15, 0.2) is 0 Å². The third-order valence-corrected chi connectivity index (χ3v) is 7.95. The van der Waals surface area contributed by atoms with Crippen molar-refractivity contribution in [3.63, 3.8) is 0 Å². The fourth-order valence-electron chi connectivity index (χ4n) is 5.35. The van der Waals surface area contributed by atoms with Gasteiger partial charge in [-0.2, -0.15) is 0 Å². The lowest BCUT2D eigenvalue weighted by molar-refractivity contribution is -0.316. The molecular weight excluding hydrogens is 524 g/mol. The summed E-state index contributed by atoms with van der Waals surface area (Å²) >= 11 is 0. The van der Waals surface area contributed by atoms with Crippen LogP contribution >= 0.6 is 0 Å². The monoisotopic (exact) mass is 566 g/mol. The van der Waals surface area contributed by atoms with Crippen molar-refractivity contribution in [2.75, 3.05) is 26.2 Å². The first kappa shape index (κ1) is 30.8. The highest BCUT2D eigenvalue weighted by Gasteiger charge is 2.52. The van der Waals surface area contributed by atoms with Crippen LogP contribution in [0.2, 0.25) is 0 Å². The van der Waals surface area contributed by atoms with Crippen molar-refractivity contribution >= 4 is 5.91 Å². The first-order chi connectivity index (χ1) is 18.4. The Kier molecular flexibility index (Phi) is 9.79. The summed E-state index contributed by atoms with van der Waals surface area (Å²) < 4.78 is 23.1. The number of carbonyl (C=O) groups excluding carboxylic acids is 1. The Morgan fingerprint density at radius 2 is 1.56 bits per heavy atom. The molecule has 39 heavy (non-hydrogen) atoms. The molecule has 4 fully saturated rings. The van der Waals surface area contributed by atoms with E-state index in [0.717, 1.165) is 0 Å². The maximum Gasteiger partial charge on any atom is 0.254 e. The molecule has 1 amide bonds. The maximum absolute atomic E-state index is 12.8. The van der Waals surface area contributed by atoms with Crippen LogP contribution in [-0.4, -0.2) is 154 Å². The van der Waals surface area contributed by atoms with E-state index in [0.29, 0.717) is 0 Å². The standard InChI is InChI=1S/C22H42N6O11/c23-3-11-10(30)2-8(25)19(36-11)38-17-7(24)1-9(28-21(34)22(35)5-27-6-22)18(16(17)33)39-20-15(32)13(26)14(31)12(4-29)37-20/h7-20,27,29-33,35H,1-6,23-26H2,(H,28,34). The van der Waals surface area contributed by atoms with Gasteiger partial charge in [-0.05, 0) is 12.8 Å². The van der Waals surface area contributed by atoms with Gasteiger partial charge in [-0.15, -0.1) is 0 Å². The van der Waals surface area contributed by atoms with Crippen LogP contribution in [-0.2, 0) is 23.7 Å². The van der Waals surface area contributed by atoms with Crippen molar-refractivity contribution < 1.29 is 54.4 Å². The summed E-state index contributed by atoms with van der Waals surface area (Å²) in [6.07, 6.45) is -12.3. The Hall–Kier alpha value is -1.13. The lowest BCUT2D eigenvalue weighted by Crippen LogP contribution is -2.72. The minimum absolute atomic E-state index is 0.000330. The highest BCUT2D eigenvalue weighted by atomic mass is 16.7. The van der Waals surface area contributed by atoms with E-state index in [-0.39, 0.29) is 32.5 Å². The quantitative estimate of drug-likeness (QED) is 0.130. The molecule has 1 aliphatic carbocycles. The molecule has 3 heterocycles. The number of hydrogen-bond acceptors (Lipinski definition) is 16. The summed E-state index contributed by atoms with van der Waals surface area (Å²) in [5.74, 6) is -0.721. The molecule has 14 unspecified atom stereocenters. The average molecular weight is 567 g/mol. The Morgan fingerprint density at radius 1 is 0.923 bits per heavy atom. The molecule has 16 N–H and O–H groups in total. The van der Waals surface area contributed by atoms with E-state index >= 15 is 0 Å². The maximum atomic E-state index is 12.8. The van der Waals surface area contributed by atoms with E-state index in [1.165, 1.54) is 0 Å². The lowest BCUT2D eigenvalue weighted by atomic mass is 9.83. The van der Waals surface area contributed by atoms with Crippen LogP contribution in [0.25, 0.3) is 0 Å². The number of carbonyl (C=O) groups is 1. The number of nitrogens with one attached hydrogen (secondary N) is 2. The topological polar surface area (TPSA) is 304 Å². The fourth-order valence-corrected chi connectivity index (χ4v) is 5.35. The van der Waals surface area contributed by atoms with E-state index in [2.05, 4.69) is 10.6 Å². The third-order valence-electron chi connectivity index (χ3n) is 7.95. The highest BCUT2D eigenvalue weighted by Crippen LogP contribution is 2.32. The number of rotatable bonds is 8. The summed E-state index contributed by atoms with van der Waals surface area (Å²) in [7, 11) is 0. The zero-order valence-electron chi connectivity index (χ0n) is 21.4. The molecule has 3 aliphatic heterocycles. The Morgan fingerprint density at radius 3 is 2.15 bits per heavy atom. The van der Waals surface area contributed by atoms with Gasteiger partial charge in [0.1, 0.15) is 36.6 Å². The Balaban J connectivity index is 1.54. The van der Waals surface area contributed by atoms with Crippen molar-refractivity contribution in [2.24, 2.45) is 22.9 Å². The van der Waals surface area contributed by atoms with Crippen LogP contribution < -0.4 is 33.6 Å². The van der Waals surface area contributed by atoms with Gasteiger partial charge in [0.25, 0.3) is 5.91 Å². The number of ether oxygens (including phenoxy) is 4. The molecule has 0 bridgehead atoms. The fraction of sp³-hybridized carbons (Fsp3) is 0.955. The second-order valence-electron chi connectivity index (χ2n) is 10.8. The van der Waals surface area contributed by atoms with Crippen LogP contribution in [0.1, 0.15) is 12.8 Å². The molecule has 4 rings (SSSR count). The van der Waals surface area contributed by atoms with Gasteiger partial charge >= 0.3 is 0 Å². The number of aliphatic hydroxyl groups is 6. The van der Waals surface area contributed by atoms with E-state index in [1.54, 1.807) is 0 Å². The normalized spacial score (nSPS) is 48.3. The molecule has 0 aromatic carbocycles. The van der Waals surface area contributed by atoms with Gasteiger partial charge in [-0.1, -0.05) is 0 Å². The summed E-state index contributed by atoms with van der Waals surface area (Å²) in [5, 5.41) is 67.8. The molecule has 14 atom stereocenters. The van der Waals surface area contributed by atoms with Gasteiger partial charge in [-0.3, -0.25) is 4.79 Å². The van der Waals surface area contributed by atoms with Crippen LogP contribution in [0.3, 0.4) is 0 Å². The van der Waals surface area contributed by atoms with Gasteiger partial charge in [0, 0.05) is 25.7 Å². The molecule has 17 nitrogen and oxygen atoms in total. The van der Waals surface area contributed by atoms with Gasteiger partial charge in [-0.25, -0.2) is 0 Å². The molecule has 0 aromatic rings. The number of β-amino-alcohol motifs (C(OH)–C–C–N with tert-alkyl or cyclic N) is 1. The molecule has 17 heteroatoms. The zero-order chi connectivity index (χ0) is 28.6. The predicted molar refractivity (Wildman–Crippen MR) is 130 cm³/mol. The number of nitrogens with two attached hydrogens (primary N) is 4. The predicted octanol–water partition coefficient (Wildman–Crippen LogP) is -7.80.